The lowest BCUT2D eigenvalue weighted by atomic mass is 9.77. The van der Waals surface area contributed by atoms with Gasteiger partial charge in [-0.2, -0.15) is 0 Å². The van der Waals surface area contributed by atoms with Crippen molar-refractivity contribution in [2.45, 2.75) is 65.2 Å². The molecule has 1 aromatic rings. The summed E-state index contributed by atoms with van der Waals surface area (Å²) in [6, 6.07) is 3.81. The Kier molecular flexibility index (Phi) is 6.60. The van der Waals surface area contributed by atoms with Gasteiger partial charge in [-0.25, -0.2) is 0 Å². The Labute approximate surface area is 133 Å². The van der Waals surface area contributed by atoms with Crippen LogP contribution in [0.4, 0.5) is 0 Å². The van der Waals surface area contributed by atoms with E-state index in [1.54, 1.807) is 6.92 Å². The number of phenolic OH excluding ortho intramolecular Hbond substituents is 1. The highest BCUT2D eigenvalue weighted by Crippen LogP contribution is 2.40. The van der Waals surface area contributed by atoms with Gasteiger partial charge in [0, 0.05) is 0 Å². The quantitative estimate of drug-likeness (QED) is 0.496. The third-order valence-electron chi connectivity index (χ3n) is 3.68. The highest BCUT2D eigenvalue weighted by molar-refractivity contribution is 5.81. The zero-order valence-corrected chi connectivity index (χ0v) is 14.8. The molecular formula is C17H31N3O2. The Hall–Kier alpha value is -1.59. The van der Waals surface area contributed by atoms with Crippen LogP contribution >= 0.6 is 0 Å². The zero-order valence-electron chi connectivity index (χ0n) is 14.8. The fraction of sp³-hybridized carbons (Fsp3) is 0.588. The number of primary amides is 1. The van der Waals surface area contributed by atoms with Crippen molar-refractivity contribution in [3.05, 3.63) is 28.8 Å². The van der Waals surface area contributed by atoms with Crippen molar-refractivity contribution in [2.24, 2.45) is 17.4 Å². The summed E-state index contributed by atoms with van der Waals surface area (Å²) in [5.74, 6) is 7.61. The highest BCUT2D eigenvalue weighted by Gasteiger charge is 2.28. The molecule has 0 fully saturated rings. The first kappa shape index (κ1) is 20.4. The Morgan fingerprint density at radius 1 is 1.00 bits per heavy atom. The molecule has 0 aliphatic heterocycles. The highest BCUT2D eigenvalue weighted by atomic mass is 16.3. The van der Waals surface area contributed by atoms with E-state index in [2.05, 4.69) is 11.7 Å². The normalized spacial score (nSPS) is 13.1. The van der Waals surface area contributed by atoms with Crippen LogP contribution in [-0.2, 0) is 15.6 Å². The largest absolute Gasteiger partial charge is 0.507 e. The standard InChI is InChI=1S/C17H27NO2.H4N2/c1-10(15(18)20)11-8-12(16(2,3)4)14(19)13(9-11)17(5,6)7;1-2/h8-10,19H,1-7H3,(H2,18,20);1-2H2. The van der Waals surface area contributed by atoms with E-state index in [9.17, 15) is 9.90 Å². The van der Waals surface area contributed by atoms with E-state index in [0.717, 1.165) is 16.7 Å². The van der Waals surface area contributed by atoms with Gasteiger partial charge in [-0.1, -0.05) is 53.7 Å². The Bertz CT molecular complexity index is 491. The molecule has 1 rings (SSSR count). The van der Waals surface area contributed by atoms with Gasteiger partial charge < -0.3 is 10.8 Å². The van der Waals surface area contributed by atoms with Crippen molar-refractivity contribution in [3.63, 3.8) is 0 Å². The lowest BCUT2D eigenvalue weighted by molar-refractivity contribution is -0.119. The Morgan fingerprint density at radius 3 is 1.55 bits per heavy atom. The second-order valence-corrected chi connectivity index (χ2v) is 7.59. The molecule has 0 saturated carbocycles. The zero-order chi connectivity index (χ0) is 17.9. The van der Waals surface area contributed by atoms with Crippen LogP contribution in [0, 0.1) is 0 Å². The third-order valence-corrected chi connectivity index (χ3v) is 3.68. The lowest BCUT2D eigenvalue weighted by Gasteiger charge is -2.29. The second-order valence-electron chi connectivity index (χ2n) is 7.59. The molecule has 5 nitrogen and oxygen atoms in total. The summed E-state index contributed by atoms with van der Waals surface area (Å²) in [4.78, 5) is 11.5. The number of nitrogens with two attached hydrogens (primary N) is 3. The summed E-state index contributed by atoms with van der Waals surface area (Å²) in [7, 11) is 0. The predicted octanol–water partition coefficient (Wildman–Crippen LogP) is 2.39. The summed E-state index contributed by atoms with van der Waals surface area (Å²) in [5.41, 5.74) is 7.60. The minimum absolute atomic E-state index is 0.197. The van der Waals surface area contributed by atoms with Crippen LogP contribution in [0.25, 0.3) is 0 Å². The summed E-state index contributed by atoms with van der Waals surface area (Å²) in [6.45, 7) is 14.1. The smallest absolute Gasteiger partial charge is 0.224 e. The van der Waals surface area contributed by atoms with Crippen LogP contribution in [0.2, 0.25) is 0 Å². The van der Waals surface area contributed by atoms with E-state index in [4.69, 9.17) is 5.73 Å². The van der Waals surface area contributed by atoms with Gasteiger partial charge in [-0.05, 0) is 34.4 Å². The SMILES string of the molecule is CC(C(N)=O)c1cc(C(C)(C)C)c(O)c(C(C)(C)C)c1.NN. The maximum absolute atomic E-state index is 11.5. The predicted molar refractivity (Wildman–Crippen MR) is 91.5 cm³/mol. The van der Waals surface area contributed by atoms with Gasteiger partial charge >= 0.3 is 0 Å². The van der Waals surface area contributed by atoms with Crippen molar-refractivity contribution < 1.29 is 9.90 Å². The number of phenols is 1. The summed E-state index contributed by atoms with van der Waals surface area (Å²) >= 11 is 0. The topological polar surface area (TPSA) is 115 Å². The molecule has 5 heteroatoms. The number of hydrogen-bond acceptors (Lipinski definition) is 4. The fourth-order valence-corrected chi connectivity index (χ4v) is 2.21. The van der Waals surface area contributed by atoms with E-state index in [0.29, 0.717) is 5.75 Å². The van der Waals surface area contributed by atoms with Gasteiger partial charge in [0.15, 0.2) is 0 Å². The monoisotopic (exact) mass is 309 g/mol. The average Bonchev–Trinajstić information content (AvgIpc) is 2.37. The second kappa shape index (κ2) is 7.11. The molecule has 1 atom stereocenters. The van der Waals surface area contributed by atoms with Gasteiger partial charge in [0.25, 0.3) is 0 Å². The van der Waals surface area contributed by atoms with Crippen molar-refractivity contribution in [1.29, 1.82) is 0 Å². The van der Waals surface area contributed by atoms with Crippen molar-refractivity contribution in [2.75, 3.05) is 0 Å². The summed E-state index contributed by atoms with van der Waals surface area (Å²) < 4.78 is 0. The minimum atomic E-state index is -0.363. The van der Waals surface area contributed by atoms with Gasteiger partial charge in [-0.3, -0.25) is 16.5 Å². The van der Waals surface area contributed by atoms with Gasteiger partial charge in [-0.15, -0.1) is 0 Å². The molecule has 0 aromatic heterocycles. The minimum Gasteiger partial charge on any atom is -0.507 e. The molecule has 0 aliphatic rings. The van der Waals surface area contributed by atoms with Gasteiger partial charge in [0.05, 0.1) is 5.92 Å². The lowest BCUT2D eigenvalue weighted by Crippen LogP contribution is -2.22. The summed E-state index contributed by atoms with van der Waals surface area (Å²) in [5, 5.41) is 10.6. The molecule has 22 heavy (non-hydrogen) atoms. The molecule has 0 bridgehead atoms. The Morgan fingerprint density at radius 2 is 1.32 bits per heavy atom. The Balaban J connectivity index is 0.00000211. The summed E-state index contributed by atoms with van der Waals surface area (Å²) in [6.07, 6.45) is 0. The van der Waals surface area contributed by atoms with Crippen LogP contribution in [0.3, 0.4) is 0 Å². The molecule has 0 radical (unpaired) electrons. The maximum atomic E-state index is 11.5. The van der Waals surface area contributed by atoms with E-state index in [1.807, 2.05) is 53.7 Å². The van der Waals surface area contributed by atoms with Gasteiger partial charge in [0.2, 0.25) is 5.91 Å². The first-order chi connectivity index (χ1) is 9.85. The molecule has 7 N–H and O–H groups in total. The van der Waals surface area contributed by atoms with E-state index in [-0.39, 0.29) is 22.7 Å². The molecule has 1 aromatic carbocycles. The molecule has 126 valence electrons. The number of aromatic hydroxyl groups is 1. The number of hydrogen-bond donors (Lipinski definition) is 4. The molecule has 1 unspecified atom stereocenters. The molecule has 0 saturated heterocycles. The van der Waals surface area contributed by atoms with E-state index >= 15 is 0 Å². The number of carbonyl (C=O) groups excluding carboxylic acids is 1. The average molecular weight is 309 g/mol. The first-order valence-electron chi connectivity index (χ1n) is 7.36. The van der Waals surface area contributed by atoms with Gasteiger partial charge in [0.1, 0.15) is 5.75 Å². The maximum Gasteiger partial charge on any atom is 0.224 e. The van der Waals surface area contributed by atoms with Crippen LogP contribution < -0.4 is 17.4 Å². The van der Waals surface area contributed by atoms with Crippen LogP contribution in [0.15, 0.2) is 12.1 Å². The fourth-order valence-electron chi connectivity index (χ4n) is 2.21. The van der Waals surface area contributed by atoms with Crippen molar-refractivity contribution in [3.8, 4) is 5.75 Å². The van der Waals surface area contributed by atoms with Crippen molar-refractivity contribution >= 4 is 5.91 Å². The first-order valence-corrected chi connectivity index (χ1v) is 7.36. The third kappa shape index (κ3) is 4.71. The van der Waals surface area contributed by atoms with Crippen LogP contribution in [0.5, 0.6) is 5.75 Å². The van der Waals surface area contributed by atoms with E-state index in [1.165, 1.54) is 0 Å². The number of rotatable bonds is 2. The van der Waals surface area contributed by atoms with Crippen molar-refractivity contribution in [1.82, 2.24) is 0 Å². The molecule has 0 spiro atoms. The molecule has 0 aliphatic carbocycles. The number of benzene rings is 1. The number of hydrazine groups is 1. The van der Waals surface area contributed by atoms with Crippen LogP contribution in [-0.4, -0.2) is 11.0 Å². The van der Waals surface area contributed by atoms with E-state index < -0.39 is 0 Å². The molecule has 1 amide bonds. The number of amides is 1. The molecule has 0 heterocycles. The van der Waals surface area contributed by atoms with Crippen LogP contribution in [0.1, 0.15) is 71.1 Å². The number of carbonyl (C=O) groups is 1. The molecular weight excluding hydrogens is 278 g/mol.